The molecule has 0 heterocycles. The molecule has 21 heavy (non-hydrogen) atoms. The highest BCUT2D eigenvalue weighted by Crippen LogP contribution is 2.29. The highest BCUT2D eigenvalue weighted by molar-refractivity contribution is 9.10. The average molecular weight is 422 g/mol. The number of hydrogen-bond donors (Lipinski definition) is 0. The van der Waals surface area contributed by atoms with Crippen molar-refractivity contribution in [2.24, 2.45) is 5.41 Å². The van der Waals surface area contributed by atoms with Gasteiger partial charge in [0.15, 0.2) is 0 Å². The lowest BCUT2D eigenvalue weighted by Crippen LogP contribution is -2.39. The van der Waals surface area contributed by atoms with Crippen LogP contribution in [0.15, 0.2) is 28.7 Å². The predicted molar refractivity (Wildman–Crippen MR) is 91.9 cm³/mol. The summed E-state index contributed by atoms with van der Waals surface area (Å²) in [6, 6.07) is 7.68. The van der Waals surface area contributed by atoms with E-state index in [1.807, 2.05) is 31.2 Å². The first-order valence-corrected chi connectivity index (χ1v) is 8.65. The minimum Gasteiger partial charge on any atom is -0.468 e. The highest BCUT2D eigenvalue weighted by Gasteiger charge is 2.37. The van der Waals surface area contributed by atoms with Crippen LogP contribution in [0.4, 0.5) is 0 Å². The molecule has 0 fully saturated rings. The van der Waals surface area contributed by atoms with E-state index in [-0.39, 0.29) is 18.0 Å². The van der Waals surface area contributed by atoms with Crippen LogP contribution in [0, 0.1) is 5.41 Å². The zero-order valence-corrected chi connectivity index (χ0v) is 16.1. The number of rotatable bonds is 7. The Kier molecular flexibility index (Phi) is 6.88. The molecule has 0 aliphatic rings. The maximum atomic E-state index is 12.2. The van der Waals surface area contributed by atoms with Gasteiger partial charge in [0.1, 0.15) is 5.41 Å². The number of esters is 1. The van der Waals surface area contributed by atoms with E-state index in [1.165, 1.54) is 7.11 Å². The molecule has 0 spiro atoms. The molecule has 0 saturated heterocycles. The second-order valence-corrected chi connectivity index (χ2v) is 7.60. The fourth-order valence-corrected chi connectivity index (χ4v) is 2.45. The summed E-state index contributed by atoms with van der Waals surface area (Å²) in [5, 5.41) is 0.839. The molecule has 3 nitrogen and oxygen atoms in total. The van der Waals surface area contributed by atoms with E-state index in [0.29, 0.717) is 6.61 Å². The zero-order valence-electron chi connectivity index (χ0n) is 12.9. The standard InChI is InChI=1S/C16H22Br2O3/c1-15(2,9-17)10-21-11-16(3,14(19)20-4)12-6-5-7-13(18)8-12/h5-8H,9-11H2,1-4H3. The van der Waals surface area contributed by atoms with E-state index >= 15 is 0 Å². The van der Waals surface area contributed by atoms with Gasteiger partial charge in [-0.15, -0.1) is 0 Å². The maximum Gasteiger partial charge on any atom is 0.318 e. The Bertz CT molecular complexity index is 488. The molecule has 0 bridgehead atoms. The summed E-state index contributed by atoms with van der Waals surface area (Å²) >= 11 is 6.91. The first kappa shape index (κ1) is 18.7. The Labute approximate surface area is 143 Å². The fourth-order valence-electron chi connectivity index (χ4n) is 1.89. The summed E-state index contributed by atoms with van der Waals surface area (Å²) in [4.78, 5) is 12.2. The summed E-state index contributed by atoms with van der Waals surface area (Å²) in [7, 11) is 1.40. The number of hydrogen-bond acceptors (Lipinski definition) is 3. The van der Waals surface area contributed by atoms with Crippen LogP contribution >= 0.6 is 31.9 Å². The Morgan fingerprint density at radius 2 is 1.90 bits per heavy atom. The molecule has 1 atom stereocenters. The van der Waals surface area contributed by atoms with Crippen LogP contribution in [0.5, 0.6) is 0 Å². The van der Waals surface area contributed by atoms with Crippen molar-refractivity contribution in [3.8, 4) is 0 Å². The fraction of sp³-hybridized carbons (Fsp3) is 0.562. The molecule has 0 aliphatic heterocycles. The van der Waals surface area contributed by atoms with Gasteiger partial charge in [-0.1, -0.05) is 57.8 Å². The van der Waals surface area contributed by atoms with Gasteiger partial charge in [-0.2, -0.15) is 0 Å². The first-order chi connectivity index (χ1) is 9.75. The molecule has 1 aromatic rings. The maximum absolute atomic E-state index is 12.2. The lowest BCUT2D eigenvalue weighted by Gasteiger charge is -2.29. The monoisotopic (exact) mass is 420 g/mol. The third-order valence-electron chi connectivity index (χ3n) is 3.34. The molecule has 5 heteroatoms. The Balaban J connectivity index is 2.92. The Morgan fingerprint density at radius 1 is 1.24 bits per heavy atom. The molecule has 0 aliphatic carbocycles. The molecule has 0 amide bonds. The van der Waals surface area contributed by atoms with Crippen LogP contribution in [0.3, 0.4) is 0 Å². The number of alkyl halides is 1. The van der Waals surface area contributed by atoms with Crippen LogP contribution in [0.2, 0.25) is 0 Å². The predicted octanol–water partition coefficient (Wildman–Crippen LogP) is 4.32. The summed E-state index contributed by atoms with van der Waals surface area (Å²) in [5.74, 6) is -0.294. The molecule has 118 valence electrons. The third kappa shape index (κ3) is 5.08. The van der Waals surface area contributed by atoms with E-state index in [0.717, 1.165) is 15.4 Å². The van der Waals surface area contributed by atoms with Crippen molar-refractivity contribution in [1.29, 1.82) is 0 Å². The van der Waals surface area contributed by atoms with Gasteiger partial charge in [0.25, 0.3) is 0 Å². The molecule has 0 saturated carbocycles. The van der Waals surface area contributed by atoms with Gasteiger partial charge >= 0.3 is 5.97 Å². The average Bonchev–Trinajstić information content (AvgIpc) is 2.46. The van der Waals surface area contributed by atoms with Crippen LogP contribution in [-0.2, 0) is 19.7 Å². The van der Waals surface area contributed by atoms with Gasteiger partial charge in [0.05, 0.1) is 20.3 Å². The number of benzene rings is 1. The smallest absolute Gasteiger partial charge is 0.318 e. The van der Waals surface area contributed by atoms with Gasteiger partial charge in [0, 0.05) is 9.80 Å². The SMILES string of the molecule is COC(=O)C(C)(COCC(C)(C)CBr)c1cccc(Br)c1. The van der Waals surface area contributed by atoms with E-state index in [1.54, 1.807) is 0 Å². The van der Waals surface area contributed by atoms with Crippen molar-refractivity contribution in [2.45, 2.75) is 26.2 Å². The van der Waals surface area contributed by atoms with E-state index in [9.17, 15) is 4.79 Å². The van der Waals surface area contributed by atoms with Crippen LogP contribution in [-0.4, -0.2) is 31.6 Å². The van der Waals surface area contributed by atoms with Crippen molar-refractivity contribution in [2.75, 3.05) is 25.7 Å². The van der Waals surface area contributed by atoms with Crippen molar-refractivity contribution < 1.29 is 14.3 Å². The van der Waals surface area contributed by atoms with Crippen LogP contribution in [0.1, 0.15) is 26.3 Å². The number of ether oxygens (including phenoxy) is 2. The first-order valence-electron chi connectivity index (χ1n) is 6.73. The summed E-state index contributed by atoms with van der Waals surface area (Å²) in [6.45, 7) is 6.92. The van der Waals surface area contributed by atoms with Crippen LogP contribution in [0.25, 0.3) is 0 Å². The van der Waals surface area contributed by atoms with Gasteiger partial charge in [-0.3, -0.25) is 4.79 Å². The quantitative estimate of drug-likeness (QED) is 0.485. The van der Waals surface area contributed by atoms with Gasteiger partial charge in [-0.05, 0) is 30.0 Å². The molecule has 1 aromatic carbocycles. The summed E-state index contributed by atoms with van der Waals surface area (Å²) in [6.07, 6.45) is 0. The number of methoxy groups -OCH3 is 1. The topological polar surface area (TPSA) is 35.5 Å². The normalized spacial score (nSPS) is 14.6. The van der Waals surface area contributed by atoms with E-state index in [2.05, 4.69) is 45.7 Å². The lowest BCUT2D eigenvalue weighted by atomic mass is 9.83. The number of halogens is 2. The summed E-state index contributed by atoms with van der Waals surface area (Å²) in [5.41, 5.74) is 0.0789. The number of carbonyl (C=O) groups excluding carboxylic acids is 1. The molecular weight excluding hydrogens is 400 g/mol. The second-order valence-electron chi connectivity index (χ2n) is 6.12. The second kappa shape index (κ2) is 7.75. The molecule has 0 radical (unpaired) electrons. The largest absolute Gasteiger partial charge is 0.468 e. The van der Waals surface area contributed by atoms with Crippen molar-refractivity contribution in [3.05, 3.63) is 34.3 Å². The Morgan fingerprint density at radius 3 is 2.43 bits per heavy atom. The summed E-state index contributed by atoms with van der Waals surface area (Å²) < 4.78 is 11.7. The van der Waals surface area contributed by atoms with Crippen LogP contribution < -0.4 is 0 Å². The van der Waals surface area contributed by atoms with Crippen molar-refractivity contribution in [1.82, 2.24) is 0 Å². The Hall–Kier alpha value is -0.390. The third-order valence-corrected chi connectivity index (χ3v) is 5.35. The lowest BCUT2D eigenvalue weighted by molar-refractivity contribution is -0.150. The van der Waals surface area contributed by atoms with Gasteiger partial charge < -0.3 is 9.47 Å². The van der Waals surface area contributed by atoms with Gasteiger partial charge in [0.2, 0.25) is 0 Å². The van der Waals surface area contributed by atoms with Gasteiger partial charge in [-0.25, -0.2) is 0 Å². The molecular formula is C16H22Br2O3. The van der Waals surface area contributed by atoms with Crippen molar-refractivity contribution >= 4 is 37.8 Å². The molecule has 1 rings (SSSR count). The minimum absolute atomic E-state index is 0.0221. The zero-order chi connectivity index (χ0) is 16.1. The highest BCUT2D eigenvalue weighted by atomic mass is 79.9. The van der Waals surface area contributed by atoms with E-state index < -0.39 is 5.41 Å². The molecule has 0 aromatic heterocycles. The van der Waals surface area contributed by atoms with Crippen molar-refractivity contribution in [3.63, 3.8) is 0 Å². The van der Waals surface area contributed by atoms with E-state index in [4.69, 9.17) is 9.47 Å². The molecule has 1 unspecified atom stereocenters. The molecule has 0 N–H and O–H groups in total. The number of carbonyl (C=O) groups is 1. The minimum atomic E-state index is -0.819.